The van der Waals surface area contributed by atoms with Gasteiger partial charge >= 0.3 is 0 Å². The van der Waals surface area contributed by atoms with Crippen molar-refractivity contribution in [2.75, 3.05) is 44.3 Å². The molecule has 1 unspecified atom stereocenters. The maximum absolute atomic E-state index is 9.85. The first-order chi connectivity index (χ1) is 12.2. The van der Waals surface area contributed by atoms with Crippen molar-refractivity contribution in [3.8, 4) is 5.88 Å². The topological polar surface area (TPSA) is 61.7 Å². The van der Waals surface area contributed by atoms with Gasteiger partial charge in [-0.3, -0.25) is 4.90 Å². The Balaban J connectivity index is 1.64. The number of halogens is 1. The van der Waals surface area contributed by atoms with Gasteiger partial charge in [-0.05, 0) is 24.6 Å². The number of benzene rings is 1. The van der Waals surface area contributed by atoms with E-state index in [1.807, 2.05) is 37.3 Å². The molecule has 1 N–H and O–H groups in total. The Morgan fingerprint density at radius 1 is 1.16 bits per heavy atom. The van der Waals surface area contributed by atoms with Crippen LogP contribution in [0.25, 0.3) is 0 Å². The molecule has 7 heteroatoms. The molecular formula is C18H23ClN4O2. The number of aromatic nitrogens is 2. The Bertz CT molecular complexity index is 675. The number of anilines is 1. The summed E-state index contributed by atoms with van der Waals surface area (Å²) >= 11 is 5.96. The lowest BCUT2D eigenvalue weighted by Crippen LogP contribution is -2.48. The van der Waals surface area contributed by atoms with Crippen molar-refractivity contribution < 1.29 is 9.84 Å². The molecule has 0 radical (unpaired) electrons. The van der Waals surface area contributed by atoms with Crippen molar-refractivity contribution in [2.24, 2.45) is 0 Å². The van der Waals surface area contributed by atoms with Gasteiger partial charge < -0.3 is 14.7 Å². The monoisotopic (exact) mass is 362 g/mol. The van der Waals surface area contributed by atoms with E-state index in [2.05, 4.69) is 19.8 Å². The largest absolute Gasteiger partial charge is 0.478 e. The number of aliphatic hydroxyl groups is 1. The van der Waals surface area contributed by atoms with Crippen molar-refractivity contribution in [3.63, 3.8) is 0 Å². The van der Waals surface area contributed by atoms with E-state index in [0.29, 0.717) is 17.5 Å². The number of hydrogen-bond acceptors (Lipinski definition) is 6. The minimum Gasteiger partial charge on any atom is -0.478 e. The normalized spacial score (nSPS) is 16.7. The number of rotatable bonds is 6. The fourth-order valence-corrected chi connectivity index (χ4v) is 3.23. The van der Waals surface area contributed by atoms with Crippen molar-refractivity contribution in [3.05, 3.63) is 47.2 Å². The Hall–Kier alpha value is -1.89. The molecule has 0 saturated carbocycles. The Labute approximate surface area is 153 Å². The molecule has 134 valence electrons. The van der Waals surface area contributed by atoms with Crippen LogP contribution in [0.1, 0.15) is 18.5 Å². The molecule has 0 spiro atoms. The van der Waals surface area contributed by atoms with E-state index in [1.165, 1.54) is 6.33 Å². The van der Waals surface area contributed by atoms with Gasteiger partial charge in [-0.15, -0.1) is 0 Å². The number of aliphatic hydroxyl groups excluding tert-OH is 1. The highest BCUT2D eigenvalue weighted by Gasteiger charge is 2.25. The van der Waals surface area contributed by atoms with E-state index in [9.17, 15) is 5.11 Å². The molecule has 1 saturated heterocycles. The van der Waals surface area contributed by atoms with E-state index < -0.39 is 0 Å². The third-order valence-corrected chi connectivity index (χ3v) is 4.68. The summed E-state index contributed by atoms with van der Waals surface area (Å²) in [5.41, 5.74) is 1.08. The van der Waals surface area contributed by atoms with Gasteiger partial charge in [0.1, 0.15) is 12.1 Å². The van der Waals surface area contributed by atoms with Crippen LogP contribution in [0.15, 0.2) is 36.7 Å². The smallest absolute Gasteiger partial charge is 0.218 e. The van der Waals surface area contributed by atoms with Crippen molar-refractivity contribution in [2.45, 2.75) is 13.0 Å². The van der Waals surface area contributed by atoms with Crippen LogP contribution >= 0.6 is 11.6 Å². The summed E-state index contributed by atoms with van der Waals surface area (Å²) in [6.45, 7) is 5.99. The van der Waals surface area contributed by atoms with Gasteiger partial charge in [0.15, 0.2) is 0 Å². The molecule has 1 aliphatic rings. The van der Waals surface area contributed by atoms with E-state index in [1.54, 1.807) is 0 Å². The second-order valence-electron chi connectivity index (χ2n) is 5.92. The molecule has 1 fully saturated rings. The first-order valence-electron chi connectivity index (χ1n) is 8.51. The highest BCUT2D eigenvalue weighted by atomic mass is 35.5. The number of hydrogen-bond donors (Lipinski definition) is 1. The summed E-state index contributed by atoms with van der Waals surface area (Å²) in [4.78, 5) is 13.0. The molecular weight excluding hydrogens is 340 g/mol. The molecule has 0 aliphatic carbocycles. The van der Waals surface area contributed by atoms with Gasteiger partial charge in [-0.1, -0.05) is 23.7 Å². The Morgan fingerprint density at radius 2 is 1.88 bits per heavy atom. The first kappa shape index (κ1) is 17.9. The van der Waals surface area contributed by atoms with Gasteiger partial charge in [0.25, 0.3) is 0 Å². The molecule has 1 aliphatic heterocycles. The summed E-state index contributed by atoms with van der Waals surface area (Å²) < 4.78 is 5.45. The molecule has 3 rings (SSSR count). The maximum Gasteiger partial charge on any atom is 0.218 e. The van der Waals surface area contributed by atoms with Gasteiger partial charge in [0.2, 0.25) is 5.88 Å². The van der Waals surface area contributed by atoms with Crippen LogP contribution in [0.3, 0.4) is 0 Å². The third kappa shape index (κ3) is 4.39. The minimum absolute atomic E-state index is 0.0104. The zero-order valence-corrected chi connectivity index (χ0v) is 15.1. The molecule has 2 aromatic rings. The van der Waals surface area contributed by atoms with E-state index in [4.69, 9.17) is 16.3 Å². The average Bonchev–Trinajstić information content (AvgIpc) is 2.65. The molecule has 2 heterocycles. The zero-order chi connectivity index (χ0) is 17.6. The van der Waals surface area contributed by atoms with Gasteiger partial charge in [0.05, 0.1) is 19.3 Å². The summed E-state index contributed by atoms with van der Waals surface area (Å²) in [6, 6.07) is 9.56. The van der Waals surface area contributed by atoms with E-state index in [-0.39, 0.29) is 12.6 Å². The summed E-state index contributed by atoms with van der Waals surface area (Å²) in [6.07, 6.45) is 1.54. The van der Waals surface area contributed by atoms with Crippen LogP contribution < -0.4 is 9.64 Å². The van der Waals surface area contributed by atoms with Crippen LogP contribution in [0.2, 0.25) is 5.02 Å². The number of nitrogens with zero attached hydrogens (tertiary/aromatic N) is 4. The summed E-state index contributed by atoms with van der Waals surface area (Å²) in [5.74, 6) is 1.48. The number of ether oxygens (including phenoxy) is 1. The lowest BCUT2D eigenvalue weighted by molar-refractivity contribution is 0.117. The van der Waals surface area contributed by atoms with Crippen LogP contribution in [0.5, 0.6) is 5.88 Å². The molecule has 0 amide bonds. The van der Waals surface area contributed by atoms with Crippen LogP contribution in [-0.2, 0) is 0 Å². The highest BCUT2D eigenvalue weighted by Crippen LogP contribution is 2.25. The van der Waals surface area contributed by atoms with Crippen molar-refractivity contribution in [1.29, 1.82) is 0 Å². The second-order valence-corrected chi connectivity index (χ2v) is 6.36. The average molecular weight is 363 g/mol. The van der Waals surface area contributed by atoms with Crippen molar-refractivity contribution >= 4 is 17.4 Å². The SMILES string of the molecule is CCOc1cc(N2CCN(C(CO)c3ccc(Cl)cc3)CC2)ncn1. The van der Waals surface area contributed by atoms with Crippen LogP contribution in [-0.4, -0.2) is 59.4 Å². The van der Waals surface area contributed by atoms with E-state index >= 15 is 0 Å². The fraction of sp³-hybridized carbons (Fsp3) is 0.444. The summed E-state index contributed by atoms with van der Waals surface area (Å²) in [7, 11) is 0. The predicted octanol–water partition coefficient (Wildman–Crippen LogP) is 2.38. The van der Waals surface area contributed by atoms with Gasteiger partial charge in [-0.2, -0.15) is 0 Å². The predicted molar refractivity (Wildman–Crippen MR) is 98.3 cm³/mol. The van der Waals surface area contributed by atoms with Gasteiger partial charge in [-0.25, -0.2) is 9.97 Å². The summed E-state index contributed by atoms with van der Waals surface area (Å²) in [5, 5.41) is 10.6. The maximum atomic E-state index is 9.85. The van der Waals surface area contributed by atoms with Crippen LogP contribution in [0.4, 0.5) is 5.82 Å². The number of piperazine rings is 1. The van der Waals surface area contributed by atoms with Gasteiger partial charge in [0, 0.05) is 37.3 Å². The lowest BCUT2D eigenvalue weighted by Gasteiger charge is -2.39. The molecule has 25 heavy (non-hydrogen) atoms. The lowest BCUT2D eigenvalue weighted by atomic mass is 10.1. The van der Waals surface area contributed by atoms with E-state index in [0.717, 1.165) is 37.6 Å². The minimum atomic E-state index is -0.0104. The quantitative estimate of drug-likeness (QED) is 0.851. The molecule has 0 bridgehead atoms. The molecule has 6 nitrogen and oxygen atoms in total. The molecule has 1 atom stereocenters. The Kier molecular flexibility index (Phi) is 6.07. The first-order valence-corrected chi connectivity index (χ1v) is 8.89. The van der Waals surface area contributed by atoms with Crippen LogP contribution in [0, 0.1) is 0 Å². The molecule has 1 aromatic carbocycles. The molecule has 1 aromatic heterocycles. The van der Waals surface area contributed by atoms with Crippen molar-refractivity contribution in [1.82, 2.24) is 14.9 Å². The highest BCUT2D eigenvalue weighted by molar-refractivity contribution is 6.30. The third-order valence-electron chi connectivity index (χ3n) is 4.43. The Morgan fingerprint density at radius 3 is 2.52 bits per heavy atom. The standard InChI is InChI=1S/C18H23ClN4O2/c1-2-25-18-11-17(20-13-21-18)23-9-7-22(8-10-23)16(12-24)14-3-5-15(19)6-4-14/h3-6,11,13,16,24H,2,7-10,12H2,1H3. The fourth-order valence-electron chi connectivity index (χ4n) is 3.11. The zero-order valence-electron chi connectivity index (χ0n) is 14.3. The second kappa shape index (κ2) is 8.47.